The molecule has 0 amide bonds. The Hall–Kier alpha value is -1.80. The summed E-state index contributed by atoms with van der Waals surface area (Å²) in [5.41, 5.74) is 3.38. The molecular formula is C18H17ClO2. The van der Waals surface area contributed by atoms with E-state index in [0.29, 0.717) is 11.4 Å². The van der Waals surface area contributed by atoms with Crippen molar-refractivity contribution in [3.05, 3.63) is 70.2 Å². The van der Waals surface area contributed by atoms with Crippen LogP contribution in [0.5, 0.6) is 0 Å². The Morgan fingerprint density at radius 1 is 1.19 bits per heavy atom. The SMILES string of the molecule is COC(=O)CC1(c2ccc(Cl)cc2)CCc2ccccc21. The number of carbonyl (C=O) groups excluding carboxylic acids is 1. The van der Waals surface area contributed by atoms with Gasteiger partial charge in [0, 0.05) is 10.4 Å². The molecule has 3 rings (SSSR count). The lowest BCUT2D eigenvalue weighted by molar-refractivity contribution is -0.141. The lowest BCUT2D eigenvalue weighted by atomic mass is 9.73. The summed E-state index contributed by atoms with van der Waals surface area (Å²) in [4.78, 5) is 12.0. The molecule has 0 radical (unpaired) electrons. The number of carbonyl (C=O) groups is 1. The summed E-state index contributed by atoms with van der Waals surface area (Å²) in [5.74, 6) is -0.179. The van der Waals surface area contributed by atoms with Gasteiger partial charge >= 0.3 is 5.97 Å². The van der Waals surface area contributed by atoms with Gasteiger partial charge in [0.25, 0.3) is 0 Å². The van der Waals surface area contributed by atoms with Crippen LogP contribution >= 0.6 is 11.6 Å². The number of halogens is 1. The second-order valence-electron chi connectivity index (χ2n) is 5.50. The lowest BCUT2D eigenvalue weighted by Gasteiger charge is -2.30. The predicted octanol–water partition coefficient (Wildman–Crippen LogP) is 4.14. The normalized spacial score (nSPS) is 20.1. The van der Waals surface area contributed by atoms with Crippen molar-refractivity contribution in [2.45, 2.75) is 24.7 Å². The molecule has 0 aliphatic heterocycles. The first-order valence-corrected chi connectivity index (χ1v) is 7.45. The molecule has 2 nitrogen and oxygen atoms in total. The Kier molecular flexibility index (Phi) is 3.73. The van der Waals surface area contributed by atoms with E-state index >= 15 is 0 Å². The molecule has 0 spiro atoms. The van der Waals surface area contributed by atoms with E-state index in [2.05, 4.69) is 18.2 Å². The van der Waals surface area contributed by atoms with E-state index in [1.165, 1.54) is 18.2 Å². The molecule has 0 fully saturated rings. The number of methoxy groups -OCH3 is 1. The van der Waals surface area contributed by atoms with Crippen molar-refractivity contribution in [3.8, 4) is 0 Å². The summed E-state index contributed by atoms with van der Waals surface area (Å²) in [7, 11) is 1.44. The molecule has 1 aliphatic rings. The molecule has 0 saturated heterocycles. The van der Waals surface area contributed by atoms with Crippen LogP contribution in [0.25, 0.3) is 0 Å². The minimum absolute atomic E-state index is 0.179. The number of benzene rings is 2. The summed E-state index contributed by atoms with van der Waals surface area (Å²) in [5, 5.41) is 0.707. The van der Waals surface area contributed by atoms with Crippen LogP contribution in [-0.4, -0.2) is 13.1 Å². The van der Waals surface area contributed by atoms with E-state index in [9.17, 15) is 4.79 Å². The van der Waals surface area contributed by atoms with Crippen molar-refractivity contribution < 1.29 is 9.53 Å². The van der Waals surface area contributed by atoms with E-state index < -0.39 is 0 Å². The zero-order valence-corrected chi connectivity index (χ0v) is 12.7. The average Bonchev–Trinajstić information content (AvgIpc) is 2.88. The maximum atomic E-state index is 12.0. The smallest absolute Gasteiger partial charge is 0.306 e. The van der Waals surface area contributed by atoms with Gasteiger partial charge in [-0.25, -0.2) is 0 Å². The van der Waals surface area contributed by atoms with E-state index in [1.54, 1.807) is 0 Å². The molecule has 1 atom stereocenters. The zero-order chi connectivity index (χ0) is 14.9. The van der Waals surface area contributed by atoms with Gasteiger partial charge in [0.1, 0.15) is 0 Å². The number of aryl methyl sites for hydroxylation is 1. The van der Waals surface area contributed by atoms with Crippen molar-refractivity contribution in [1.29, 1.82) is 0 Å². The van der Waals surface area contributed by atoms with Gasteiger partial charge in [-0.1, -0.05) is 48.0 Å². The summed E-state index contributed by atoms with van der Waals surface area (Å²) in [6.07, 6.45) is 2.26. The fourth-order valence-electron chi connectivity index (χ4n) is 3.36. The van der Waals surface area contributed by atoms with Gasteiger partial charge in [0.05, 0.1) is 13.5 Å². The molecule has 0 saturated carbocycles. The fourth-order valence-corrected chi connectivity index (χ4v) is 3.49. The summed E-state index contributed by atoms with van der Waals surface area (Å²) in [6, 6.07) is 16.2. The first-order chi connectivity index (χ1) is 10.2. The molecule has 0 aromatic heterocycles. The highest BCUT2D eigenvalue weighted by Crippen LogP contribution is 2.46. The molecular weight excluding hydrogens is 284 g/mol. The van der Waals surface area contributed by atoms with Gasteiger partial charge < -0.3 is 4.74 Å². The standard InChI is InChI=1S/C18H17ClO2/c1-21-17(20)12-18(14-6-8-15(19)9-7-14)11-10-13-4-2-3-5-16(13)18/h2-9H,10-12H2,1H3. The third-order valence-electron chi connectivity index (χ3n) is 4.42. The van der Waals surface area contributed by atoms with Crippen LogP contribution in [0.1, 0.15) is 29.5 Å². The van der Waals surface area contributed by atoms with Crippen molar-refractivity contribution in [1.82, 2.24) is 0 Å². The summed E-state index contributed by atoms with van der Waals surface area (Å²) < 4.78 is 4.93. The molecule has 0 heterocycles. The maximum absolute atomic E-state index is 12.0. The van der Waals surface area contributed by atoms with Gasteiger partial charge in [-0.15, -0.1) is 0 Å². The maximum Gasteiger partial charge on any atom is 0.306 e. The Morgan fingerprint density at radius 2 is 1.90 bits per heavy atom. The average molecular weight is 301 g/mol. The fraction of sp³-hybridized carbons (Fsp3) is 0.278. The molecule has 21 heavy (non-hydrogen) atoms. The molecule has 2 aromatic rings. The third-order valence-corrected chi connectivity index (χ3v) is 4.68. The molecule has 1 unspecified atom stereocenters. The van der Waals surface area contributed by atoms with Crippen molar-refractivity contribution in [3.63, 3.8) is 0 Å². The first-order valence-electron chi connectivity index (χ1n) is 7.07. The molecule has 1 aliphatic carbocycles. The van der Waals surface area contributed by atoms with Crippen LogP contribution in [0.2, 0.25) is 5.02 Å². The van der Waals surface area contributed by atoms with Gasteiger partial charge in [-0.05, 0) is 41.7 Å². The highest BCUT2D eigenvalue weighted by atomic mass is 35.5. The second kappa shape index (κ2) is 5.53. The Bertz CT molecular complexity index is 663. The quantitative estimate of drug-likeness (QED) is 0.797. The molecule has 3 heteroatoms. The van der Waals surface area contributed by atoms with Crippen molar-refractivity contribution in [2.75, 3.05) is 7.11 Å². The van der Waals surface area contributed by atoms with Gasteiger partial charge in [0.15, 0.2) is 0 Å². The van der Waals surface area contributed by atoms with Crippen LogP contribution in [0.4, 0.5) is 0 Å². The lowest BCUT2D eigenvalue weighted by Crippen LogP contribution is -2.28. The predicted molar refractivity (Wildman–Crippen MR) is 83.6 cm³/mol. The largest absolute Gasteiger partial charge is 0.469 e. The van der Waals surface area contributed by atoms with Crippen LogP contribution in [0.3, 0.4) is 0 Å². The number of hydrogen-bond acceptors (Lipinski definition) is 2. The number of hydrogen-bond donors (Lipinski definition) is 0. The molecule has 2 aromatic carbocycles. The first kappa shape index (κ1) is 14.2. The number of ether oxygens (including phenoxy) is 1. The van der Waals surface area contributed by atoms with Crippen LogP contribution in [-0.2, 0) is 21.4 Å². The van der Waals surface area contributed by atoms with Crippen LogP contribution in [0.15, 0.2) is 48.5 Å². The van der Waals surface area contributed by atoms with Crippen molar-refractivity contribution in [2.24, 2.45) is 0 Å². The molecule has 0 N–H and O–H groups in total. The summed E-state index contributed by atoms with van der Waals surface area (Å²) >= 11 is 6.01. The van der Waals surface area contributed by atoms with Crippen LogP contribution in [0, 0.1) is 0 Å². The Labute approximate surface area is 129 Å². The zero-order valence-electron chi connectivity index (χ0n) is 11.9. The number of esters is 1. The van der Waals surface area contributed by atoms with E-state index in [4.69, 9.17) is 16.3 Å². The van der Waals surface area contributed by atoms with Crippen molar-refractivity contribution >= 4 is 17.6 Å². The topological polar surface area (TPSA) is 26.3 Å². The van der Waals surface area contributed by atoms with Gasteiger partial charge in [-0.2, -0.15) is 0 Å². The second-order valence-corrected chi connectivity index (χ2v) is 5.94. The number of rotatable bonds is 3. The minimum Gasteiger partial charge on any atom is -0.469 e. The monoisotopic (exact) mass is 300 g/mol. The van der Waals surface area contributed by atoms with E-state index in [1.807, 2.05) is 30.3 Å². The van der Waals surface area contributed by atoms with Crippen LogP contribution < -0.4 is 0 Å². The third kappa shape index (κ3) is 2.44. The molecule has 108 valence electrons. The van der Waals surface area contributed by atoms with Gasteiger partial charge in [0.2, 0.25) is 0 Å². The number of fused-ring (bicyclic) bond motifs is 1. The Morgan fingerprint density at radius 3 is 2.62 bits per heavy atom. The Balaban J connectivity index is 2.13. The highest BCUT2D eigenvalue weighted by molar-refractivity contribution is 6.30. The molecule has 0 bridgehead atoms. The van der Waals surface area contributed by atoms with E-state index in [-0.39, 0.29) is 11.4 Å². The highest BCUT2D eigenvalue weighted by Gasteiger charge is 2.42. The summed E-state index contributed by atoms with van der Waals surface area (Å²) in [6.45, 7) is 0. The van der Waals surface area contributed by atoms with E-state index in [0.717, 1.165) is 18.4 Å². The van der Waals surface area contributed by atoms with Gasteiger partial charge in [-0.3, -0.25) is 4.79 Å². The minimum atomic E-state index is -0.297.